The van der Waals surface area contributed by atoms with Gasteiger partial charge in [-0.2, -0.15) is 0 Å². The van der Waals surface area contributed by atoms with Gasteiger partial charge in [0.15, 0.2) is 0 Å². The van der Waals surface area contributed by atoms with E-state index >= 15 is 0 Å². The zero-order chi connectivity index (χ0) is 16.4. The summed E-state index contributed by atoms with van der Waals surface area (Å²) in [6.45, 7) is 7.22. The molecule has 3 aromatic rings. The Hall–Kier alpha value is -1.98. The van der Waals surface area contributed by atoms with Crippen LogP contribution in [0.5, 0.6) is 0 Å². The average Bonchev–Trinajstić information content (AvgIpc) is 3.19. The summed E-state index contributed by atoms with van der Waals surface area (Å²) in [5.41, 5.74) is 3.93. The lowest BCUT2D eigenvalue weighted by Gasteiger charge is -2.22. The van der Waals surface area contributed by atoms with Crippen molar-refractivity contribution < 1.29 is 4.42 Å². The zero-order valence-electron chi connectivity index (χ0n) is 13.9. The predicted octanol–water partition coefficient (Wildman–Crippen LogP) is 4.61. The summed E-state index contributed by atoms with van der Waals surface area (Å²) >= 11 is 1.61. The molecule has 23 heavy (non-hydrogen) atoms. The van der Waals surface area contributed by atoms with E-state index in [0.29, 0.717) is 11.8 Å². The molecule has 1 atom stereocenters. The molecule has 0 saturated heterocycles. The molecule has 1 aromatic carbocycles. The van der Waals surface area contributed by atoms with Crippen LogP contribution in [-0.4, -0.2) is 22.1 Å². The van der Waals surface area contributed by atoms with E-state index in [1.807, 2.05) is 17.5 Å². The number of hydrogen-bond donors (Lipinski definition) is 0. The number of benzene rings is 1. The number of aromatic nitrogens is 2. The molecule has 0 radical (unpaired) electrons. The van der Waals surface area contributed by atoms with Crippen molar-refractivity contribution >= 4 is 11.3 Å². The van der Waals surface area contributed by atoms with Gasteiger partial charge >= 0.3 is 0 Å². The monoisotopic (exact) mass is 327 g/mol. The number of aryl methyl sites for hydroxylation is 2. The highest BCUT2D eigenvalue weighted by atomic mass is 32.1. The maximum atomic E-state index is 5.84. The van der Waals surface area contributed by atoms with Crippen LogP contribution in [0.2, 0.25) is 0 Å². The molecule has 3 rings (SSSR count). The van der Waals surface area contributed by atoms with Crippen molar-refractivity contribution in [2.24, 2.45) is 0 Å². The average molecular weight is 327 g/mol. The Labute approximate surface area is 140 Å². The predicted molar refractivity (Wildman–Crippen MR) is 93.4 cm³/mol. The molecule has 0 aliphatic heterocycles. The third-order valence-corrected chi connectivity index (χ3v) is 4.97. The van der Waals surface area contributed by atoms with Crippen molar-refractivity contribution in [1.82, 2.24) is 15.1 Å². The summed E-state index contributed by atoms with van der Waals surface area (Å²) in [5, 5.41) is 10.4. The zero-order valence-corrected chi connectivity index (χ0v) is 14.7. The molecule has 2 aromatic heterocycles. The van der Waals surface area contributed by atoms with Gasteiger partial charge in [-0.05, 0) is 50.4 Å². The topological polar surface area (TPSA) is 42.2 Å². The molecule has 0 amide bonds. The maximum absolute atomic E-state index is 5.84. The molecule has 120 valence electrons. The van der Waals surface area contributed by atoms with Gasteiger partial charge in [0.2, 0.25) is 5.89 Å². The van der Waals surface area contributed by atoms with Crippen LogP contribution in [0.25, 0.3) is 10.8 Å². The lowest BCUT2D eigenvalue weighted by Crippen LogP contribution is -2.22. The first-order chi connectivity index (χ1) is 11.0. The first-order valence-corrected chi connectivity index (χ1v) is 8.56. The Balaban J connectivity index is 1.73. The van der Waals surface area contributed by atoms with E-state index in [4.69, 9.17) is 4.42 Å². The van der Waals surface area contributed by atoms with Crippen LogP contribution in [-0.2, 0) is 6.54 Å². The molecule has 0 saturated carbocycles. The second-order valence-electron chi connectivity index (χ2n) is 5.94. The Morgan fingerprint density at radius 1 is 1.22 bits per heavy atom. The van der Waals surface area contributed by atoms with Crippen LogP contribution in [0.4, 0.5) is 0 Å². The highest BCUT2D eigenvalue weighted by Gasteiger charge is 2.20. The van der Waals surface area contributed by atoms with Crippen LogP contribution in [0.3, 0.4) is 0 Å². The van der Waals surface area contributed by atoms with Gasteiger partial charge in [-0.1, -0.05) is 29.8 Å². The van der Waals surface area contributed by atoms with Crippen LogP contribution < -0.4 is 0 Å². The fourth-order valence-electron chi connectivity index (χ4n) is 2.52. The van der Waals surface area contributed by atoms with Gasteiger partial charge < -0.3 is 4.42 Å². The van der Waals surface area contributed by atoms with E-state index < -0.39 is 0 Å². The summed E-state index contributed by atoms with van der Waals surface area (Å²) in [6.07, 6.45) is 0. The Morgan fingerprint density at radius 2 is 2.04 bits per heavy atom. The van der Waals surface area contributed by atoms with E-state index in [0.717, 1.165) is 11.4 Å². The minimum atomic E-state index is 0.0666. The summed E-state index contributed by atoms with van der Waals surface area (Å²) in [5.74, 6) is 1.25. The normalized spacial score (nSPS) is 12.7. The Kier molecular flexibility index (Phi) is 4.59. The number of rotatable bonds is 5. The summed E-state index contributed by atoms with van der Waals surface area (Å²) in [7, 11) is 2.08. The van der Waals surface area contributed by atoms with Gasteiger partial charge in [-0.25, -0.2) is 0 Å². The fraction of sp³-hybridized carbons (Fsp3) is 0.333. The molecule has 0 N–H and O–H groups in total. The van der Waals surface area contributed by atoms with Crippen molar-refractivity contribution in [2.45, 2.75) is 33.4 Å². The van der Waals surface area contributed by atoms with E-state index in [1.165, 1.54) is 16.7 Å². The third kappa shape index (κ3) is 3.51. The third-order valence-electron chi connectivity index (χ3n) is 4.11. The summed E-state index contributed by atoms with van der Waals surface area (Å²) in [4.78, 5) is 3.23. The van der Waals surface area contributed by atoms with Crippen molar-refractivity contribution in [3.8, 4) is 10.8 Å². The molecular formula is C18H21N3OS. The van der Waals surface area contributed by atoms with Crippen LogP contribution in [0, 0.1) is 13.8 Å². The van der Waals surface area contributed by atoms with Crippen LogP contribution >= 0.6 is 11.3 Å². The molecule has 0 fully saturated rings. The lowest BCUT2D eigenvalue weighted by atomic mass is 10.1. The molecule has 0 aliphatic carbocycles. The maximum Gasteiger partial charge on any atom is 0.257 e. The fourth-order valence-corrected chi connectivity index (χ4v) is 3.16. The first-order valence-electron chi connectivity index (χ1n) is 7.68. The highest BCUT2D eigenvalue weighted by Crippen LogP contribution is 2.27. The summed E-state index contributed by atoms with van der Waals surface area (Å²) in [6, 6.07) is 10.6. The van der Waals surface area contributed by atoms with Gasteiger partial charge in [-0.15, -0.1) is 21.5 Å². The number of thiophene rings is 1. The van der Waals surface area contributed by atoms with Gasteiger partial charge in [-0.3, -0.25) is 4.90 Å². The second-order valence-corrected chi connectivity index (χ2v) is 6.89. The van der Waals surface area contributed by atoms with Gasteiger partial charge in [0.25, 0.3) is 5.89 Å². The molecule has 0 aliphatic rings. The van der Waals surface area contributed by atoms with E-state index in [1.54, 1.807) is 11.3 Å². The minimum Gasteiger partial charge on any atom is -0.418 e. The molecule has 2 heterocycles. The largest absolute Gasteiger partial charge is 0.418 e. The molecule has 0 spiro atoms. The van der Waals surface area contributed by atoms with E-state index in [-0.39, 0.29) is 6.04 Å². The molecule has 0 unspecified atom stereocenters. The van der Waals surface area contributed by atoms with Crippen molar-refractivity contribution in [3.63, 3.8) is 0 Å². The number of hydrogen-bond acceptors (Lipinski definition) is 5. The van der Waals surface area contributed by atoms with Crippen molar-refractivity contribution in [1.29, 1.82) is 0 Å². The molecule has 4 nitrogen and oxygen atoms in total. The minimum absolute atomic E-state index is 0.0666. The quantitative estimate of drug-likeness (QED) is 0.686. The Morgan fingerprint density at radius 3 is 2.74 bits per heavy atom. The molecular weight excluding hydrogens is 306 g/mol. The van der Waals surface area contributed by atoms with Gasteiger partial charge in [0.1, 0.15) is 0 Å². The first kappa shape index (κ1) is 15.9. The van der Waals surface area contributed by atoms with Crippen molar-refractivity contribution in [3.05, 3.63) is 58.3 Å². The lowest BCUT2D eigenvalue weighted by molar-refractivity contribution is 0.217. The van der Waals surface area contributed by atoms with Crippen LogP contribution in [0.1, 0.15) is 35.5 Å². The second kappa shape index (κ2) is 6.64. The number of nitrogens with zero attached hydrogens (tertiary/aromatic N) is 3. The smallest absolute Gasteiger partial charge is 0.257 e. The Bertz CT molecular complexity index is 779. The van der Waals surface area contributed by atoms with Gasteiger partial charge in [0.05, 0.1) is 10.9 Å². The van der Waals surface area contributed by atoms with Crippen LogP contribution in [0.15, 0.2) is 40.1 Å². The van der Waals surface area contributed by atoms with Crippen molar-refractivity contribution in [2.75, 3.05) is 7.05 Å². The molecule has 0 bridgehead atoms. The van der Waals surface area contributed by atoms with Gasteiger partial charge in [0, 0.05) is 6.54 Å². The SMILES string of the molecule is Cc1ccc(CN(C)[C@H](C)c2nnc(-c3cccs3)o2)c(C)c1. The van der Waals surface area contributed by atoms with E-state index in [2.05, 4.69) is 61.1 Å². The highest BCUT2D eigenvalue weighted by molar-refractivity contribution is 7.13. The van der Waals surface area contributed by atoms with E-state index in [9.17, 15) is 0 Å². The standard InChI is InChI=1S/C18H21N3OS/c1-12-7-8-15(13(2)10-12)11-21(4)14(3)17-19-20-18(22-17)16-6-5-9-23-16/h5-10,14H,11H2,1-4H3/t14-/m1/s1. The molecule has 5 heteroatoms. The summed E-state index contributed by atoms with van der Waals surface area (Å²) < 4.78 is 5.84.